The van der Waals surface area contributed by atoms with Crippen LogP contribution in [0.25, 0.3) is 11.0 Å². The van der Waals surface area contributed by atoms with Crippen molar-refractivity contribution >= 4 is 16.7 Å². The quantitative estimate of drug-likeness (QED) is 0.770. The first-order chi connectivity index (χ1) is 11.1. The minimum atomic E-state index is 0.800. The summed E-state index contributed by atoms with van der Waals surface area (Å²) in [5.41, 5.74) is 7.15. The van der Waals surface area contributed by atoms with Crippen molar-refractivity contribution in [2.24, 2.45) is 0 Å². The maximum atomic E-state index is 5.22. The third-order valence-electron chi connectivity index (χ3n) is 4.30. The number of methoxy groups -OCH3 is 1. The maximum absolute atomic E-state index is 5.22. The van der Waals surface area contributed by atoms with Gasteiger partial charge in [-0.15, -0.1) is 0 Å². The van der Waals surface area contributed by atoms with Crippen LogP contribution in [0, 0.1) is 13.8 Å². The molecule has 1 heterocycles. The summed E-state index contributed by atoms with van der Waals surface area (Å²) in [5.74, 6) is 0.880. The molecule has 0 bridgehead atoms. The van der Waals surface area contributed by atoms with Gasteiger partial charge in [0.1, 0.15) is 11.3 Å². The molecule has 1 aromatic heterocycles. The van der Waals surface area contributed by atoms with Crippen LogP contribution in [0.1, 0.15) is 23.6 Å². The van der Waals surface area contributed by atoms with Crippen molar-refractivity contribution in [2.75, 3.05) is 19.0 Å². The molecule has 0 spiro atoms. The van der Waals surface area contributed by atoms with Gasteiger partial charge >= 0.3 is 0 Å². The van der Waals surface area contributed by atoms with Crippen molar-refractivity contribution in [1.29, 1.82) is 0 Å². The molecular formula is C19H23N3O. The smallest absolute Gasteiger partial charge is 0.118 e. The lowest BCUT2D eigenvalue weighted by atomic mass is 10.1. The Morgan fingerprint density at radius 1 is 1.17 bits per heavy atom. The molecule has 120 valence electrons. The summed E-state index contributed by atoms with van der Waals surface area (Å²) in [4.78, 5) is 4.64. The van der Waals surface area contributed by atoms with E-state index >= 15 is 0 Å². The number of imidazole rings is 1. The minimum Gasteiger partial charge on any atom is -0.497 e. The number of benzene rings is 2. The first-order valence-electron chi connectivity index (χ1n) is 7.96. The van der Waals surface area contributed by atoms with Gasteiger partial charge in [0.2, 0.25) is 0 Å². The Morgan fingerprint density at radius 2 is 1.91 bits per heavy atom. The van der Waals surface area contributed by atoms with E-state index in [-0.39, 0.29) is 0 Å². The van der Waals surface area contributed by atoms with Crippen LogP contribution in [-0.4, -0.2) is 23.2 Å². The van der Waals surface area contributed by atoms with E-state index in [0.29, 0.717) is 0 Å². The molecule has 0 radical (unpaired) electrons. The molecule has 0 aliphatic heterocycles. The van der Waals surface area contributed by atoms with E-state index in [0.717, 1.165) is 30.0 Å². The molecule has 2 aromatic carbocycles. The predicted molar refractivity (Wildman–Crippen MR) is 95.5 cm³/mol. The zero-order chi connectivity index (χ0) is 16.4. The second-order valence-electron chi connectivity index (χ2n) is 5.81. The van der Waals surface area contributed by atoms with Gasteiger partial charge in [0.15, 0.2) is 0 Å². The van der Waals surface area contributed by atoms with Crippen LogP contribution in [0.4, 0.5) is 5.69 Å². The number of nitrogens with one attached hydrogen (secondary N) is 1. The molecule has 4 nitrogen and oxygen atoms in total. The Kier molecular flexibility index (Phi) is 4.24. The topological polar surface area (TPSA) is 39.1 Å². The van der Waals surface area contributed by atoms with Gasteiger partial charge in [-0.25, -0.2) is 4.98 Å². The predicted octanol–water partition coefficient (Wildman–Crippen LogP) is 4.14. The Balaban J connectivity index is 2.01. The zero-order valence-electron chi connectivity index (χ0n) is 14.2. The largest absolute Gasteiger partial charge is 0.497 e. The lowest BCUT2D eigenvalue weighted by Crippen LogP contribution is -2.03. The minimum absolute atomic E-state index is 0.800. The first kappa shape index (κ1) is 15.4. The second kappa shape index (κ2) is 6.32. The summed E-state index contributed by atoms with van der Waals surface area (Å²) in [6.45, 7) is 8.11. The molecule has 4 heteroatoms. The van der Waals surface area contributed by atoms with E-state index in [1.54, 1.807) is 7.11 Å². The molecular weight excluding hydrogens is 286 g/mol. The van der Waals surface area contributed by atoms with Crippen LogP contribution < -0.4 is 10.1 Å². The van der Waals surface area contributed by atoms with Crippen LogP contribution in [0.2, 0.25) is 0 Å². The Bertz CT molecular complexity index is 819. The molecule has 3 aromatic rings. The van der Waals surface area contributed by atoms with Gasteiger partial charge in [-0.3, -0.25) is 0 Å². The van der Waals surface area contributed by atoms with Crippen LogP contribution in [0.15, 0.2) is 36.7 Å². The Labute approximate surface area is 137 Å². The Morgan fingerprint density at radius 3 is 2.57 bits per heavy atom. The van der Waals surface area contributed by atoms with Gasteiger partial charge in [-0.2, -0.15) is 0 Å². The summed E-state index contributed by atoms with van der Waals surface area (Å²) in [7, 11) is 1.69. The van der Waals surface area contributed by atoms with E-state index in [9.17, 15) is 0 Å². The van der Waals surface area contributed by atoms with E-state index in [4.69, 9.17) is 4.74 Å². The summed E-state index contributed by atoms with van der Waals surface area (Å²) < 4.78 is 7.42. The fraction of sp³-hybridized carbons (Fsp3) is 0.316. The monoisotopic (exact) mass is 309 g/mol. The number of aryl methyl sites for hydroxylation is 1. The van der Waals surface area contributed by atoms with E-state index in [2.05, 4.69) is 53.8 Å². The van der Waals surface area contributed by atoms with E-state index < -0.39 is 0 Å². The average molecular weight is 309 g/mol. The molecule has 3 rings (SSSR count). The third-order valence-corrected chi connectivity index (χ3v) is 4.30. The van der Waals surface area contributed by atoms with Crippen molar-refractivity contribution in [3.05, 3.63) is 53.3 Å². The van der Waals surface area contributed by atoms with Gasteiger partial charge in [-0.05, 0) is 55.7 Å². The average Bonchev–Trinajstić information content (AvgIpc) is 2.95. The Hall–Kier alpha value is -2.49. The fourth-order valence-electron chi connectivity index (χ4n) is 2.87. The van der Waals surface area contributed by atoms with Crippen LogP contribution in [-0.2, 0) is 6.54 Å². The fourth-order valence-corrected chi connectivity index (χ4v) is 2.87. The van der Waals surface area contributed by atoms with Gasteiger partial charge in [0.05, 0.1) is 24.6 Å². The van der Waals surface area contributed by atoms with Crippen LogP contribution in [0.3, 0.4) is 0 Å². The lowest BCUT2D eigenvalue weighted by Gasteiger charge is -2.12. The lowest BCUT2D eigenvalue weighted by molar-refractivity contribution is 0.414. The molecule has 0 saturated carbocycles. The third kappa shape index (κ3) is 2.89. The summed E-state index contributed by atoms with van der Waals surface area (Å²) in [6, 6.07) is 10.4. The molecule has 0 atom stereocenters. The second-order valence-corrected chi connectivity index (χ2v) is 5.81. The maximum Gasteiger partial charge on any atom is 0.118 e. The molecule has 0 fully saturated rings. The van der Waals surface area contributed by atoms with Crippen molar-refractivity contribution in [3.63, 3.8) is 0 Å². The summed E-state index contributed by atoms with van der Waals surface area (Å²) in [5, 5.41) is 3.46. The van der Waals surface area contributed by atoms with E-state index in [1.807, 2.05) is 18.5 Å². The molecule has 23 heavy (non-hydrogen) atoms. The van der Waals surface area contributed by atoms with Crippen molar-refractivity contribution in [2.45, 2.75) is 27.3 Å². The molecule has 0 unspecified atom stereocenters. The number of hydrogen-bond acceptors (Lipinski definition) is 3. The van der Waals surface area contributed by atoms with Gasteiger partial charge in [0.25, 0.3) is 0 Å². The number of rotatable bonds is 5. The molecule has 0 aliphatic carbocycles. The van der Waals surface area contributed by atoms with Crippen molar-refractivity contribution < 1.29 is 4.74 Å². The van der Waals surface area contributed by atoms with Crippen molar-refractivity contribution in [1.82, 2.24) is 9.55 Å². The van der Waals surface area contributed by atoms with Gasteiger partial charge in [0, 0.05) is 13.1 Å². The number of fused-ring (bicyclic) bond motifs is 1. The SMILES string of the molecule is CCNc1c(C)c(C)cc2c1ncn2Cc1ccc(OC)cc1. The van der Waals surface area contributed by atoms with Gasteiger partial charge in [-0.1, -0.05) is 12.1 Å². The van der Waals surface area contributed by atoms with E-state index in [1.165, 1.54) is 22.2 Å². The zero-order valence-corrected chi connectivity index (χ0v) is 14.2. The first-order valence-corrected chi connectivity index (χ1v) is 7.96. The highest BCUT2D eigenvalue weighted by Gasteiger charge is 2.12. The summed E-state index contributed by atoms with van der Waals surface area (Å²) >= 11 is 0. The number of nitrogens with zero attached hydrogens (tertiary/aromatic N) is 2. The van der Waals surface area contributed by atoms with Crippen LogP contribution in [0.5, 0.6) is 5.75 Å². The number of anilines is 1. The van der Waals surface area contributed by atoms with Crippen molar-refractivity contribution in [3.8, 4) is 5.75 Å². The highest BCUT2D eigenvalue weighted by atomic mass is 16.5. The molecule has 0 amide bonds. The van der Waals surface area contributed by atoms with Crippen LogP contribution >= 0.6 is 0 Å². The number of ether oxygens (including phenoxy) is 1. The number of hydrogen-bond donors (Lipinski definition) is 1. The summed E-state index contributed by atoms with van der Waals surface area (Å²) in [6.07, 6.45) is 1.93. The molecule has 0 aliphatic rings. The standard InChI is InChI=1S/C19H23N3O/c1-5-20-18-14(3)13(2)10-17-19(18)21-12-22(17)11-15-6-8-16(23-4)9-7-15/h6-10,12,20H,5,11H2,1-4H3. The highest BCUT2D eigenvalue weighted by molar-refractivity contribution is 5.91. The number of aromatic nitrogens is 2. The van der Waals surface area contributed by atoms with Gasteiger partial charge < -0.3 is 14.6 Å². The molecule has 1 N–H and O–H groups in total. The highest BCUT2D eigenvalue weighted by Crippen LogP contribution is 2.29. The molecule has 0 saturated heterocycles. The normalized spacial score (nSPS) is 11.0.